The predicted octanol–water partition coefficient (Wildman–Crippen LogP) is 3.49. The Kier molecular flexibility index (Phi) is 10.1. The van der Waals surface area contributed by atoms with Gasteiger partial charge in [0, 0.05) is 12.6 Å². The summed E-state index contributed by atoms with van der Waals surface area (Å²) in [5, 5.41) is 2.92. The summed E-state index contributed by atoms with van der Waals surface area (Å²) in [6, 6.07) is 13.5. The van der Waals surface area contributed by atoms with E-state index in [4.69, 9.17) is 4.74 Å². The zero-order valence-corrected chi connectivity index (χ0v) is 22.3. The zero-order valence-electron chi connectivity index (χ0n) is 21.4. The van der Waals surface area contributed by atoms with Crippen molar-refractivity contribution in [2.45, 2.75) is 59.7 Å². The summed E-state index contributed by atoms with van der Waals surface area (Å²) in [7, 11) is -3.83. The van der Waals surface area contributed by atoms with E-state index in [1.165, 1.54) is 4.90 Å². The summed E-state index contributed by atoms with van der Waals surface area (Å²) in [5.74, 6) is -0.421. The van der Waals surface area contributed by atoms with Crippen LogP contribution in [0.4, 0.5) is 5.69 Å². The third kappa shape index (κ3) is 7.99. The van der Waals surface area contributed by atoms with Crippen LogP contribution in [0.5, 0.6) is 5.75 Å². The number of ether oxygens (including phenoxy) is 1. The highest BCUT2D eigenvalue weighted by molar-refractivity contribution is 7.92. The molecule has 0 saturated heterocycles. The Morgan fingerprint density at radius 2 is 1.66 bits per heavy atom. The second-order valence-corrected chi connectivity index (χ2v) is 10.6. The van der Waals surface area contributed by atoms with Gasteiger partial charge in [-0.25, -0.2) is 8.42 Å². The van der Waals surface area contributed by atoms with E-state index in [-0.39, 0.29) is 24.2 Å². The number of anilines is 1. The molecule has 0 fully saturated rings. The van der Waals surface area contributed by atoms with Crippen LogP contribution < -0.4 is 14.4 Å². The molecule has 0 heterocycles. The van der Waals surface area contributed by atoms with Gasteiger partial charge in [-0.3, -0.25) is 13.9 Å². The van der Waals surface area contributed by atoms with Gasteiger partial charge in [0.15, 0.2) is 0 Å². The molecule has 0 bridgehead atoms. The molecule has 0 spiro atoms. The van der Waals surface area contributed by atoms with Crippen LogP contribution in [0.1, 0.15) is 45.2 Å². The third-order valence-electron chi connectivity index (χ3n) is 5.75. The lowest BCUT2D eigenvalue weighted by Crippen LogP contribution is -2.52. The van der Waals surface area contributed by atoms with E-state index in [0.29, 0.717) is 12.4 Å². The number of nitrogens with one attached hydrogen (secondary N) is 1. The molecule has 192 valence electrons. The fraction of sp³-hybridized carbons (Fsp3) is 0.462. The van der Waals surface area contributed by atoms with Crippen molar-refractivity contribution in [2.24, 2.45) is 0 Å². The van der Waals surface area contributed by atoms with Crippen LogP contribution in [0.15, 0.2) is 48.5 Å². The molecule has 0 aliphatic rings. The number of rotatable bonds is 12. The Bertz CT molecular complexity index is 1100. The molecule has 2 aromatic carbocycles. The van der Waals surface area contributed by atoms with Gasteiger partial charge in [0.1, 0.15) is 18.3 Å². The third-order valence-corrected chi connectivity index (χ3v) is 6.88. The lowest BCUT2D eigenvalue weighted by atomic mass is 10.1. The van der Waals surface area contributed by atoms with Crippen LogP contribution in [0.2, 0.25) is 0 Å². The largest absolute Gasteiger partial charge is 0.492 e. The van der Waals surface area contributed by atoms with Crippen molar-refractivity contribution in [1.82, 2.24) is 10.2 Å². The summed E-state index contributed by atoms with van der Waals surface area (Å²) >= 11 is 0. The van der Waals surface area contributed by atoms with Crippen LogP contribution in [0.3, 0.4) is 0 Å². The Morgan fingerprint density at radius 1 is 1.03 bits per heavy atom. The van der Waals surface area contributed by atoms with Crippen molar-refractivity contribution < 1.29 is 22.7 Å². The normalized spacial score (nSPS) is 13.0. The molecular weight excluding hydrogens is 466 g/mol. The molecule has 2 rings (SSSR count). The lowest BCUT2D eigenvalue weighted by molar-refractivity contribution is -0.139. The monoisotopic (exact) mass is 503 g/mol. The number of hydrogen-bond donors (Lipinski definition) is 1. The number of carbonyl (C=O) groups is 2. The molecule has 2 aromatic rings. The number of nitrogens with zero attached hydrogens (tertiary/aromatic N) is 2. The van der Waals surface area contributed by atoms with E-state index < -0.39 is 28.5 Å². The summed E-state index contributed by atoms with van der Waals surface area (Å²) in [6.45, 7) is 9.33. The Balaban J connectivity index is 2.42. The molecule has 8 nitrogen and oxygen atoms in total. The van der Waals surface area contributed by atoms with Gasteiger partial charge in [0.2, 0.25) is 21.8 Å². The van der Waals surface area contributed by atoms with Crippen LogP contribution in [0, 0.1) is 6.92 Å². The first kappa shape index (κ1) is 28.2. The van der Waals surface area contributed by atoms with Crippen LogP contribution in [-0.2, 0) is 26.2 Å². The summed E-state index contributed by atoms with van der Waals surface area (Å²) < 4.78 is 32.1. The summed E-state index contributed by atoms with van der Waals surface area (Å²) in [6.07, 6.45) is 1.80. The minimum atomic E-state index is -3.83. The first-order valence-corrected chi connectivity index (χ1v) is 13.7. The maximum atomic E-state index is 13.6. The van der Waals surface area contributed by atoms with E-state index in [1.807, 2.05) is 45.0 Å². The predicted molar refractivity (Wildman–Crippen MR) is 139 cm³/mol. The molecule has 1 N–H and O–H groups in total. The minimum Gasteiger partial charge on any atom is -0.492 e. The SMILES string of the molecule is CCOc1ccccc1N(CC(=O)N(Cc1ccc(C)cc1)[C@@H](C)C(=O)N[C@@H](C)CC)S(C)(=O)=O. The van der Waals surface area contributed by atoms with Crippen molar-refractivity contribution in [2.75, 3.05) is 23.7 Å². The highest BCUT2D eigenvalue weighted by Crippen LogP contribution is 2.30. The number of amides is 2. The Labute approximate surface area is 209 Å². The average Bonchev–Trinajstić information content (AvgIpc) is 2.81. The molecule has 0 unspecified atom stereocenters. The molecule has 0 saturated carbocycles. The van der Waals surface area contributed by atoms with Gasteiger partial charge in [-0.1, -0.05) is 48.9 Å². The highest BCUT2D eigenvalue weighted by atomic mass is 32.2. The fourth-order valence-corrected chi connectivity index (χ4v) is 4.33. The van der Waals surface area contributed by atoms with Crippen molar-refractivity contribution in [1.29, 1.82) is 0 Å². The molecule has 0 aliphatic carbocycles. The summed E-state index contributed by atoms with van der Waals surface area (Å²) in [4.78, 5) is 28.0. The smallest absolute Gasteiger partial charge is 0.244 e. The Hall–Kier alpha value is -3.07. The fourth-order valence-electron chi connectivity index (χ4n) is 3.47. The van der Waals surface area contributed by atoms with Gasteiger partial charge in [0.25, 0.3) is 0 Å². The van der Waals surface area contributed by atoms with Crippen LogP contribution in [0.25, 0.3) is 0 Å². The number of carbonyl (C=O) groups excluding carboxylic acids is 2. The van der Waals surface area contributed by atoms with Gasteiger partial charge < -0.3 is 15.0 Å². The molecule has 2 atom stereocenters. The number of para-hydroxylation sites is 2. The van der Waals surface area contributed by atoms with Gasteiger partial charge in [0.05, 0.1) is 18.6 Å². The van der Waals surface area contributed by atoms with E-state index in [1.54, 1.807) is 38.1 Å². The first-order valence-electron chi connectivity index (χ1n) is 11.8. The van der Waals surface area contributed by atoms with E-state index in [9.17, 15) is 18.0 Å². The highest BCUT2D eigenvalue weighted by Gasteiger charge is 2.31. The summed E-state index contributed by atoms with van der Waals surface area (Å²) in [5.41, 5.74) is 2.19. The van der Waals surface area contributed by atoms with Crippen molar-refractivity contribution in [3.8, 4) is 5.75 Å². The Morgan fingerprint density at radius 3 is 2.23 bits per heavy atom. The molecular formula is C26H37N3O5S. The number of aryl methyl sites for hydroxylation is 1. The van der Waals surface area contributed by atoms with Crippen LogP contribution in [-0.4, -0.2) is 56.6 Å². The quantitative estimate of drug-likeness (QED) is 0.478. The van der Waals surface area contributed by atoms with Crippen molar-refractivity contribution in [3.63, 3.8) is 0 Å². The lowest BCUT2D eigenvalue weighted by Gasteiger charge is -2.32. The molecule has 2 amide bonds. The van der Waals surface area contributed by atoms with Gasteiger partial charge in [-0.2, -0.15) is 0 Å². The van der Waals surface area contributed by atoms with Crippen molar-refractivity contribution >= 4 is 27.5 Å². The topological polar surface area (TPSA) is 96.0 Å². The maximum absolute atomic E-state index is 13.6. The first-order chi connectivity index (χ1) is 16.5. The van der Waals surface area contributed by atoms with E-state index in [2.05, 4.69) is 5.32 Å². The number of benzene rings is 2. The molecule has 9 heteroatoms. The average molecular weight is 504 g/mol. The van der Waals surface area contributed by atoms with Gasteiger partial charge in [-0.05, 0) is 51.8 Å². The second-order valence-electron chi connectivity index (χ2n) is 8.67. The van der Waals surface area contributed by atoms with Gasteiger partial charge >= 0.3 is 0 Å². The number of sulfonamides is 1. The second kappa shape index (κ2) is 12.6. The molecule has 0 aliphatic heterocycles. The van der Waals surface area contributed by atoms with Gasteiger partial charge in [-0.15, -0.1) is 0 Å². The van der Waals surface area contributed by atoms with E-state index >= 15 is 0 Å². The molecule has 0 radical (unpaired) electrons. The number of hydrogen-bond acceptors (Lipinski definition) is 5. The molecule has 0 aromatic heterocycles. The molecule has 35 heavy (non-hydrogen) atoms. The van der Waals surface area contributed by atoms with E-state index in [0.717, 1.165) is 28.1 Å². The van der Waals surface area contributed by atoms with Crippen molar-refractivity contribution in [3.05, 3.63) is 59.7 Å². The maximum Gasteiger partial charge on any atom is 0.244 e. The zero-order chi connectivity index (χ0) is 26.2. The standard InChI is InChI=1S/C26H37N3O5S/c1-7-20(4)27-26(31)21(5)28(17-22-15-13-19(3)14-16-22)25(30)18-29(35(6,32)33)23-11-9-10-12-24(23)34-8-2/h9-16,20-21H,7-8,17-18H2,1-6H3,(H,27,31)/t20-,21-/m0/s1. The minimum absolute atomic E-state index is 0.0492. The van der Waals surface area contributed by atoms with Crippen LogP contribution >= 0.6 is 0 Å².